The highest BCUT2D eigenvalue weighted by atomic mass is 16.2. The van der Waals surface area contributed by atoms with Crippen molar-refractivity contribution in [3.8, 4) is 0 Å². The van der Waals surface area contributed by atoms with Crippen LogP contribution in [0.5, 0.6) is 0 Å². The first-order valence-corrected chi connectivity index (χ1v) is 9.97. The molecule has 1 saturated carbocycles. The van der Waals surface area contributed by atoms with Gasteiger partial charge in [-0.2, -0.15) is 0 Å². The second-order valence-electron chi connectivity index (χ2n) is 7.51. The summed E-state index contributed by atoms with van der Waals surface area (Å²) in [5.41, 5.74) is 1.31. The zero-order valence-corrected chi connectivity index (χ0v) is 17.5. The van der Waals surface area contributed by atoms with Crippen LogP contribution < -0.4 is 16.0 Å². The summed E-state index contributed by atoms with van der Waals surface area (Å²) in [6.07, 6.45) is 4.01. The summed E-state index contributed by atoms with van der Waals surface area (Å²) in [5.74, 6) is 0.798. The van der Waals surface area contributed by atoms with Gasteiger partial charge in [0.15, 0.2) is 5.96 Å². The third kappa shape index (κ3) is 5.47. The van der Waals surface area contributed by atoms with Gasteiger partial charge in [0.2, 0.25) is 5.91 Å². The Morgan fingerprint density at radius 3 is 2.29 bits per heavy atom. The van der Waals surface area contributed by atoms with Crippen molar-refractivity contribution >= 4 is 17.8 Å². The van der Waals surface area contributed by atoms with Crippen LogP contribution in [0, 0.1) is 5.41 Å². The summed E-state index contributed by atoms with van der Waals surface area (Å²) < 4.78 is 0. The molecule has 0 radical (unpaired) electrons. The zero-order valence-electron chi connectivity index (χ0n) is 17.5. The molecule has 154 valence electrons. The molecular weight excluding hydrogens is 354 g/mol. The van der Waals surface area contributed by atoms with E-state index in [0.717, 1.165) is 37.8 Å². The molecule has 0 heterocycles. The van der Waals surface area contributed by atoms with Gasteiger partial charge in [0.1, 0.15) is 0 Å². The molecule has 7 nitrogen and oxygen atoms in total. The maximum atomic E-state index is 12.7. The minimum absolute atomic E-state index is 0.0996. The minimum atomic E-state index is -0.338. The molecule has 1 aromatic rings. The van der Waals surface area contributed by atoms with Gasteiger partial charge >= 0.3 is 0 Å². The summed E-state index contributed by atoms with van der Waals surface area (Å²) in [7, 11) is 5.27. The topological polar surface area (TPSA) is 85.8 Å². The maximum Gasteiger partial charge on any atom is 0.251 e. The van der Waals surface area contributed by atoms with Crippen LogP contribution in [0.2, 0.25) is 0 Å². The molecule has 0 spiro atoms. The Labute approximate surface area is 168 Å². The van der Waals surface area contributed by atoms with Crippen LogP contribution in [-0.4, -0.2) is 56.9 Å². The van der Waals surface area contributed by atoms with Gasteiger partial charge in [0, 0.05) is 39.8 Å². The second-order valence-corrected chi connectivity index (χ2v) is 7.51. The summed E-state index contributed by atoms with van der Waals surface area (Å²) in [5, 5.41) is 9.24. The average Bonchev–Trinajstić information content (AvgIpc) is 3.19. The van der Waals surface area contributed by atoms with Crippen molar-refractivity contribution in [3.05, 3.63) is 35.4 Å². The lowest BCUT2D eigenvalue weighted by atomic mass is 9.84. The lowest BCUT2D eigenvalue weighted by molar-refractivity contribution is -0.138. The van der Waals surface area contributed by atoms with E-state index in [1.54, 1.807) is 24.1 Å². The van der Waals surface area contributed by atoms with Crippen molar-refractivity contribution in [3.63, 3.8) is 0 Å². The van der Waals surface area contributed by atoms with Gasteiger partial charge in [-0.3, -0.25) is 9.59 Å². The van der Waals surface area contributed by atoms with E-state index in [1.165, 1.54) is 0 Å². The fourth-order valence-electron chi connectivity index (χ4n) is 3.66. The Hall–Kier alpha value is -2.57. The molecular formula is C21H33N5O2. The Balaban J connectivity index is 2.03. The van der Waals surface area contributed by atoms with Crippen LogP contribution in [-0.2, 0) is 11.3 Å². The molecule has 3 N–H and O–H groups in total. The summed E-state index contributed by atoms with van der Waals surface area (Å²) >= 11 is 0. The molecule has 28 heavy (non-hydrogen) atoms. The third-order valence-corrected chi connectivity index (χ3v) is 5.22. The molecule has 0 unspecified atom stereocenters. The van der Waals surface area contributed by atoms with Gasteiger partial charge in [-0.25, -0.2) is 4.99 Å². The number of carbonyl (C=O) groups excluding carboxylic acids is 2. The Morgan fingerprint density at radius 2 is 1.75 bits per heavy atom. The van der Waals surface area contributed by atoms with Gasteiger partial charge in [0.05, 0.1) is 12.0 Å². The van der Waals surface area contributed by atoms with Gasteiger partial charge in [-0.05, 0) is 37.5 Å². The van der Waals surface area contributed by atoms with Crippen LogP contribution in [0.3, 0.4) is 0 Å². The quantitative estimate of drug-likeness (QED) is 0.491. The number of rotatable bonds is 7. The normalized spacial score (nSPS) is 15.8. The first-order valence-electron chi connectivity index (χ1n) is 9.97. The fraction of sp³-hybridized carbons (Fsp3) is 0.571. The van der Waals surface area contributed by atoms with Crippen molar-refractivity contribution in [1.82, 2.24) is 20.9 Å². The molecule has 0 saturated heterocycles. The largest absolute Gasteiger partial charge is 0.357 e. The number of aliphatic imine (C=N–C) groups is 1. The Bertz CT molecular complexity index is 691. The van der Waals surface area contributed by atoms with Gasteiger partial charge in [0.25, 0.3) is 5.91 Å². The van der Waals surface area contributed by atoms with Crippen LogP contribution in [0.25, 0.3) is 0 Å². The van der Waals surface area contributed by atoms with Crippen molar-refractivity contribution in [2.24, 2.45) is 10.4 Å². The van der Waals surface area contributed by atoms with Crippen molar-refractivity contribution < 1.29 is 9.59 Å². The monoisotopic (exact) mass is 387 g/mol. The summed E-state index contributed by atoms with van der Waals surface area (Å²) in [6, 6.07) is 7.41. The van der Waals surface area contributed by atoms with Crippen LogP contribution in [0.1, 0.15) is 48.5 Å². The average molecular weight is 388 g/mol. The smallest absolute Gasteiger partial charge is 0.251 e. The molecule has 0 atom stereocenters. The molecule has 2 rings (SSSR count). The highest BCUT2D eigenvalue weighted by molar-refractivity contribution is 5.94. The zero-order chi connectivity index (χ0) is 20.6. The number of hydrogen-bond acceptors (Lipinski definition) is 3. The number of nitrogens with zero attached hydrogens (tertiary/aromatic N) is 2. The van der Waals surface area contributed by atoms with Crippen molar-refractivity contribution in [2.75, 3.05) is 34.2 Å². The Morgan fingerprint density at radius 1 is 1.11 bits per heavy atom. The van der Waals surface area contributed by atoms with Gasteiger partial charge in [-0.1, -0.05) is 25.0 Å². The van der Waals surface area contributed by atoms with E-state index in [4.69, 9.17) is 0 Å². The number of nitrogens with one attached hydrogen (secondary N) is 3. The van der Waals surface area contributed by atoms with Crippen molar-refractivity contribution in [1.29, 1.82) is 0 Å². The molecule has 1 aliphatic rings. The lowest BCUT2D eigenvalue weighted by Gasteiger charge is -2.31. The van der Waals surface area contributed by atoms with E-state index in [1.807, 2.05) is 33.2 Å². The summed E-state index contributed by atoms with van der Waals surface area (Å²) in [6.45, 7) is 3.85. The molecule has 0 aliphatic heterocycles. The summed E-state index contributed by atoms with van der Waals surface area (Å²) in [4.78, 5) is 30.7. The molecule has 2 amide bonds. The van der Waals surface area contributed by atoms with Crippen LogP contribution in [0.4, 0.5) is 0 Å². The van der Waals surface area contributed by atoms with E-state index in [9.17, 15) is 9.59 Å². The molecule has 7 heteroatoms. The number of benzene rings is 1. The predicted octanol–water partition coefficient (Wildman–Crippen LogP) is 1.75. The standard InChI is InChI=1S/C21H33N5O2/c1-5-23-20(24-14-16-8-10-17(11-9-16)18(27)22-2)25-15-21(12-6-7-13-21)19(28)26(3)4/h8-11H,5-7,12-15H2,1-4H3,(H,22,27)(H2,23,24,25). The highest BCUT2D eigenvalue weighted by Gasteiger charge is 2.42. The number of hydrogen-bond donors (Lipinski definition) is 3. The minimum Gasteiger partial charge on any atom is -0.357 e. The lowest BCUT2D eigenvalue weighted by Crippen LogP contribution is -2.49. The predicted molar refractivity (Wildman–Crippen MR) is 112 cm³/mol. The molecule has 1 aromatic carbocycles. The van der Waals surface area contributed by atoms with Crippen molar-refractivity contribution in [2.45, 2.75) is 39.2 Å². The first-order chi connectivity index (χ1) is 13.4. The maximum absolute atomic E-state index is 12.7. The van der Waals surface area contributed by atoms with Crippen LogP contribution in [0.15, 0.2) is 29.3 Å². The van der Waals surface area contributed by atoms with E-state index < -0.39 is 0 Å². The Kier molecular flexibility index (Phi) is 7.84. The van der Waals surface area contributed by atoms with Gasteiger partial charge in [-0.15, -0.1) is 0 Å². The van der Waals surface area contributed by atoms with E-state index in [-0.39, 0.29) is 17.2 Å². The van der Waals surface area contributed by atoms with E-state index >= 15 is 0 Å². The molecule has 0 bridgehead atoms. The highest BCUT2D eigenvalue weighted by Crippen LogP contribution is 2.38. The van der Waals surface area contributed by atoms with Gasteiger partial charge < -0.3 is 20.9 Å². The fourth-order valence-corrected chi connectivity index (χ4v) is 3.66. The molecule has 1 aliphatic carbocycles. The first kappa shape index (κ1) is 21.7. The second kappa shape index (κ2) is 10.1. The van der Waals surface area contributed by atoms with E-state index in [0.29, 0.717) is 24.6 Å². The number of amides is 2. The molecule has 1 fully saturated rings. The number of carbonyl (C=O) groups is 2. The third-order valence-electron chi connectivity index (χ3n) is 5.22. The van der Waals surface area contributed by atoms with Crippen LogP contribution >= 0.6 is 0 Å². The molecule has 0 aromatic heterocycles. The SMILES string of the molecule is CCNC(=NCc1ccc(C(=O)NC)cc1)NCC1(C(=O)N(C)C)CCCC1. The number of guanidine groups is 1. The van der Waals surface area contributed by atoms with E-state index in [2.05, 4.69) is 20.9 Å².